The van der Waals surface area contributed by atoms with Crippen LogP contribution in [0.3, 0.4) is 0 Å². The van der Waals surface area contributed by atoms with Gasteiger partial charge in [0.2, 0.25) is 5.91 Å². The van der Waals surface area contributed by atoms with Gasteiger partial charge in [0, 0.05) is 11.5 Å². The summed E-state index contributed by atoms with van der Waals surface area (Å²) in [5, 5.41) is 2.91. The Hall–Kier alpha value is -1.21. The highest BCUT2D eigenvalue weighted by Crippen LogP contribution is 2.43. The molecule has 0 aromatic heterocycles. The van der Waals surface area contributed by atoms with E-state index in [4.69, 9.17) is 4.74 Å². The van der Waals surface area contributed by atoms with Crippen molar-refractivity contribution >= 4 is 41.1 Å². The van der Waals surface area contributed by atoms with E-state index in [-0.39, 0.29) is 17.3 Å². The van der Waals surface area contributed by atoms with E-state index in [1.165, 1.54) is 41.7 Å². The van der Waals surface area contributed by atoms with Crippen molar-refractivity contribution in [3.05, 3.63) is 24.0 Å². The van der Waals surface area contributed by atoms with Gasteiger partial charge in [0.25, 0.3) is 0 Å². The first-order valence-electron chi connectivity index (χ1n) is 10.6. The van der Waals surface area contributed by atoms with Crippen LogP contribution in [0.25, 0.3) is 0 Å². The highest BCUT2D eigenvalue weighted by Gasteiger charge is 2.40. The SMILES string of the molecule is CSC(C)(SC)C(=O)Oc1ccc(F)cc1NC(=O)C1(CCC(C)C)CCCCC1. The fourth-order valence-corrected chi connectivity index (χ4v) is 4.85. The van der Waals surface area contributed by atoms with Gasteiger partial charge in [0.05, 0.1) is 5.69 Å². The smallest absolute Gasteiger partial charge is 0.337 e. The van der Waals surface area contributed by atoms with Crippen molar-refractivity contribution in [2.45, 2.75) is 69.8 Å². The highest BCUT2D eigenvalue weighted by molar-refractivity contribution is 8.18. The van der Waals surface area contributed by atoms with Crippen molar-refractivity contribution in [2.75, 3.05) is 17.8 Å². The molecule has 1 saturated carbocycles. The lowest BCUT2D eigenvalue weighted by atomic mass is 9.69. The van der Waals surface area contributed by atoms with Crippen LogP contribution in [-0.2, 0) is 9.59 Å². The molecule has 7 heteroatoms. The van der Waals surface area contributed by atoms with Gasteiger partial charge in [-0.1, -0.05) is 33.1 Å². The van der Waals surface area contributed by atoms with Crippen molar-refractivity contribution in [2.24, 2.45) is 11.3 Å². The molecule has 1 aliphatic rings. The normalized spacial score (nSPS) is 16.4. The first-order valence-corrected chi connectivity index (χ1v) is 13.0. The number of amides is 1. The zero-order valence-electron chi connectivity index (χ0n) is 18.7. The first-order chi connectivity index (χ1) is 14.2. The second-order valence-electron chi connectivity index (χ2n) is 8.61. The van der Waals surface area contributed by atoms with Crippen LogP contribution in [0.4, 0.5) is 10.1 Å². The van der Waals surface area contributed by atoms with E-state index in [1.807, 2.05) is 12.5 Å². The molecular weight excluding hydrogens is 421 g/mol. The summed E-state index contributed by atoms with van der Waals surface area (Å²) in [6.07, 6.45) is 10.3. The number of benzene rings is 1. The molecule has 0 bridgehead atoms. The number of carbonyl (C=O) groups is 2. The van der Waals surface area contributed by atoms with Gasteiger partial charge in [0.1, 0.15) is 5.82 Å². The number of rotatable bonds is 9. The van der Waals surface area contributed by atoms with Gasteiger partial charge in [-0.15, -0.1) is 23.5 Å². The number of nitrogens with one attached hydrogen (secondary N) is 1. The Kier molecular flexibility index (Phi) is 9.10. The van der Waals surface area contributed by atoms with Gasteiger partial charge in [-0.25, -0.2) is 9.18 Å². The average molecular weight is 456 g/mol. The van der Waals surface area contributed by atoms with Crippen LogP contribution in [0, 0.1) is 17.2 Å². The number of hydrogen-bond acceptors (Lipinski definition) is 5. The Morgan fingerprint density at radius 3 is 2.40 bits per heavy atom. The summed E-state index contributed by atoms with van der Waals surface area (Å²) in [6.45, 7) is 6.11. The summed E-state index contributed by atoms with van der Waals surface area (Å²) in [4.78, 5) is 26.1. The molecule has 1 aromatic rings. The van der Waals surface area contributed by atoms with E-state index in [0.29, 0.717) is 5.92 Å². The number of thioether (sulfide) groups is 2. The minimum Gasteiger partial charge on any atom is -0.423 e. The number of esters is 1. The molecule has 30 heavy (non-hydrogen) atoms. The highest BCUT2D eigenvalue weighted by atomic mass is 32.2. The molecule has 0 aliphatic heterocycles. The number of carbonyl (C=O) groups excluding carboxylic acids is 2. The molecular formula is C23H34FNO3S2. The maximum atomic E-state index is 14.0. The van der Waals surface area contributed by atoms with E-state index in [2.05, 4.69) is 19.2 Å². The molecule has 0 radical (unpaired) electrons. The lowest BCUT2D eigenvalue weighted by molar-refractivity contribution is -0.134. The van der Waals surface area contributed by atoms with Gasteiger partial charge >= 0.3 is 5.97 Å². The molecule has 1 amide bonds. The van der Waals surface area contributed by atoms with Crippen molar-refractivity contribution in [1.82, 2.24) is 0 Å². The van der Waals surface area contributed by atoms with E-state index in [0.717, 1.165) is 44.9 Å². The minimum atomic E-state index is -0.780. The lowest BCUT2D eigenvalue weighted by Gasteiger charge is -2.36. The third kappa shape index (κ3) is 6.16. The molecule has 0 spiro atoms. The predicted molar refractivity (Wildman–Crippen MR) is 126 cm³/mol. The summed E-state index contributed by atoms with van der Waals surface area (Å²) in [5.74, 6) is -0.320. The number of ether oxygens (including phenoxy) is 1. The van der Waals surface area contributed by atoms with Crippen LogP contribution >= 0.6 is 23.5 Å². The van der Waals surface area contributed by atoms with Crippen LogP contribution in [0.15, 0.2) is 18.2 Å². The van der Waals surface area contributed by atoms with Crippen LogP contribution in [0.1, 0.15) is 65.7 Å². The molecule has 0 unspecified atom stereocenters. The summed E-state index contributed by atoms with van der Waals surface area (Å²) in [5.41, 5.74) is -0.226. The molecule has 1 fully saturated rings. The van der Waals surface area contributed by atoms with Crippen LogP contribution in [-0.4, -0.2) is 28.5 Å². The lowest BCUT2D eigenvalue weighted by Crippen LogP contribution is -2.38. The molecule has 0 atom stereocenters. The fraction of sp³-hybridized carbons (Fsp3) is 0.652. The van der Waals surface area contributed by atoms with Gasteiger partial charge in [-0.3, -0.25) is 4.79 Å². The van der Waals surface area contributed by atoms with Crippen molar-refractivity contribution in [3.8, 4) is 5.75 Å². The molecule has 0 saturated heterocycles. The Balaban J connectivity index is 2.26. The Morgan fingerprint density at radius 1 is 1.20 bits per heavy atom. The number of hydrogen-bond donors (Lipinski definition) is 1. The molecule has 0 heterocycles. The topological polar surface area (TPSA) is 55.4 Å². The van der Waals surface area contributed by atoms with E-state index < -0.39 is 21.3 Å². The zero-order chi connectivity index (χ0) is 22.4. The van der Waals surface area contributed by atoms with Crippen molar-refractivity contribution < 1.29 is 18.7 Å². The number of anilines is 1. The van der Waals surface area contributed by atoms with E-state index in [9.17, 15) is 14.0 Å². The second kappa shape index (κ2) is 10.9. The number of halogens is 1. The fourth-order valence-electron chi connectivity index (χ4n) is 3.77. The van der Waals surface area contributed by atoms with Crippen LogP contribution < -0.4 is 10.1 Å². The molecule has 1 aromatic carbocycles. The zero-order valence-corrected chi connectivity index (χ0v) is 20.3. The monoisotopic (exact) mass is 455 g/mol. The Labute approximate surface area is 188 Å². The average Bonchev–Trinajstić information content (AvgIpc) is 2.74. The quantitative estimate of drug-likeness (QED) is 0.262. The van der Waals surface area contributed by atoms with Crippen LogP contribution in [0.2, 0.25) is 0 Å². The maximum Gasteiger partial charge on any atom is 0.337 e. The summed E-state index contributed by atoms with van der Waals surface area (Å²) in [6, 6.07) is 3.88. The molecule has 168 valence electrons. The largest absolute Gasteiger partial charge is 0.423 e. The minimum absolute atomic E-state index is 0.0942. The standard InChI is InChI=1S/C23H34FNO3S2/c1-16(2)11-14-23(12-7-6-8-13-23)20(26)25-18-15-17(24)9-10-19(18)28-21(27)22(3,29-4)30-5/h9-10,15-16H,6-8,11-14H2,1-5H3,(H,25,26). The summed E-state index contributed by atoms with van der Waals surface area (Å²) >= 11 is 2.76. The van der Waals surface area contributed by atoms with Gasteiger partial charge in [-0.05, 0) is 63.2 Å². The Bertz CT molecular complexity index is 744. The third-order valence-electron chi connectivity index (χ3n) is 6.03. The molecule has 1 aliphatic carbocycles. The van der Waals surface area contributed by atoms with Crippen molar-refractivity contribution in [3.63, 3.8) is 0 Å². The van der Waals surface area contributed by atoms with Gasteiger partial charge in [-0.2, -0.15) is 0 Å². The Morgan fingerprint density at radius 2 is 1.83 bits per heavy atom. The first kappa shape index (κ1) is 25.1. The van der Waals surface area contributed by atoms with E-state index >= 15 is 0 Å². The maximum absolute atomic E-state index is 14.0. The predicted octanol–water partition coefficient (Wildman–Crippen LogP) is 6.50. The van der Waals surface area contributed by atoms with Crippen molar-refractivity contribution in [1.29, 1.82) is 0 Å². The van der Waals surface area contributed by atoms with Gasteiger partial charge < -0.3 is 10.1 Å². The van der Waals surface area contributed by atoms with Crippen LogP contribution in [0.5, 0.6) is 5.75 Å². The third-order valence-corrected chi connectivity index (χ3v) is 8.93. The van der Waals surface area contributed by atoms with Gasteiger partial charge in [0.15, 0.2) is 9.83 Å². The van der Waals surface area contributed by atoms with E-state index in [1.54, 1.807) is 6.92 Å². The molecule has 2 rings (SSSR count). The summed E-state index contributed by atoms with van der Waals surface area (Å²) < 4.78 is 18.8. The molecule has 4 nitrogen and oxygen atoms in total. The summed E-state index contributed by atoms with van der Waals surface area (Å²) in [7, 11) is 0. The second-order valence-corrected chi connectivity index (χ2v) is 11.3. The molecule has 1 N–H and O–H groups in total.